The molecule has 1 amide bonds. The van der Waals surface area contributed by atoms with Crippen molar-refractivity contribution in [2.24, 2.45) is 0 Å². The van der Waals surface area contributed by atoms with E-state index in [0.29, 0.717) is 23.9 Å². The monoisotopic (exact) mass is 481 g/mol. The Morgan fingerprint density at radius 3 is 2.91 bits per heavy atom. The summed E-state index contributed by atoms with van der Waals surface area (Å²) < 4.78 is 32.2. The van der Waals surface area contributed by atoms with Crippen LogP contribution in [-0.4, -0.2) is 57.1 Å². The summed E-state index contributed by atoms with van der Waals surface area (Å²) in [6.07, 6.45) is 8.19. The molecule has 1 aromatic carbocycles. The number of hydrogen-bond donors (Lipinski definition) is 3. The van der Waals surface area contributed by atoms with E-state index in [2.05, 4.69) is 5.32 Å². The first-order chi connectivity index (χ1) is 16.8. The number of ether oxygens (including phenoxy) is 1. The molecule has 10 heteroatoms. The number of aliphatic hydroxyl groups is 2. The fraction of sp³-hybridized carbons (Fsp3) is 0.240. The van der Waals surface area contributed by atoms with E-state index in [-0.39, 0.29) is 41.5 Å². The summed E-state index contributed by atoms with van der Waals surface area (Å²) in [5, 5.41) is 38.2. The molecule has 1 saturated heterocycles. The van der Waals surface area contributed by atoms with Gasteiger partial charge in [-0.15, -0.1) is 0 Å². The molecule has 180 valence electrons. The number of quaternary nitrogens is 1. The molecule has 1 aromatic rings. The Labute approximate surface area is 198 Å². The number of benzene rings is 1. The Kier molecular flexibility index (Phi) is 4.75. The van der Waals surface area contributed by atoms with E-state index in [0.717, 1.165) is 6.07 Å². The Morgan fingerprint density at radius 2 is 2.11 bits per heavy atom. The SMILES string of the molecule is O=C(NCc1ccc(F)cc1F)C1=CC2=CC3=C(C2=C(O)C1O)[N+]1([O-])C[C@@H]2C=CC=CN2C[C@H]1O3. The van der Waals surface area contributed by atoms with Crippen LogP contribution >= 0.6 is 0 Å². The second-order valence-corrected chi connectivity index (χ2v) is 9.03. The van der Waals surface area contributed by atoms with Crippen molar-refractivity contribution >= 4 is 5.91 Å². The van der Waals surface area contributed by atoms with Gasteiger partial charge >= 0.3 is 0 Å². The van der Waals surface area contributed by atoms with Gasteiger partial charge in [-0.2, -0.15) is 0 Å². The van der Waals surface area contributed by atoms with Gasteiger partial charge in [0.15, 0.2) is 11.5 Å². The highest BCUT2D eigenvalue weighted by Gasteiger charge is 2.55. The first kappa shape index (κ1) is 21.8. The number of fused-ring (bicyclic) bond motifs is 5. The quantitative estimate of drug-likeness (QED) is 0.452. The van der Waals surface area contributed by atoms with E-state index in [9.17, 15) is 29.0 Å². The maximum atomic E-state index is 14.0. The van der Waals surface area contributed by atoms with Crippen LogP contribution in [-0.2, 0) is 16.1 Å². The van der Waals surface area contributed by atoms with Crippen LogP contribution in [0.4, 0.5) is 8.78 Å². The Morgan fingerprint density at radius 1 is 1.29 bits per heavy atom. The van der Waals surface area contributed by atoms with Crippen LogP contribution in [0.25, 0.3) is 0 Å². The maximum absolute atomic E-state index is 14.0. The zero-order valence-corrected chi connectivity index (χ0v) is 18.3. The van der Waals surface area contributed by atoms with Gasteiger partial charge in [0.1, 0.15) is 36.6 Å². The molecule has 8 nitrogen and oxygen atoms in total. The van der Waals surface area contributed by atoms with Crippen LogP contribution in [0.3, 0.4) is 0 Å². The molecule has 2 aliphatic carbocycles. The van der Waals surface area contributed by atoms with Gasteiger partial charge in [-0.1, -0.05) is 18.2 Å². The molecular formula is C25H21F2N3O5. The molecule has 0 aromatic heterocycles. The lowest BCUT2D eigenvalue weighted by atomic mass is 9.90. The molecule has 0 bridgehead atoms. The second-order valence-electron chi connectivity index (χ2n) is 9.03. The molecule has 6 rings (SSSR count). The van der Waals surface area contributed by atoms with E-state index >= 15 is 0 Å². The van der Waals surface area contributed by atoms with E-state index < -0.39 is 40.3 Å². The van der Waals surface area contributed by atoms with Gasteiger partial charge < -0.3 is 30.4 Å². The van der Waals surface area contributed by atoms with E-state index in [1.54, 1.807) is 6.08 Å². The van der Waals surface area contributed by atoms with Gasteiger partial charge in [0, 0.05) is 24.4 Å². The molecule has 0 saturated carbocycles. The van der Waals surface area contributed by atoms with Crippen molar-refractivity contribution in [3.05, 3.63) is 111 Å². The fourth-order valence-corrected chi connectivity index (χ4v) is 5.20. The molecule has 2 unspecified atom stereocenters. The number of nitrogens with one attached hydrogen (secondary N) is 1. The van der Waals surface area contributed by atoms with Gasteiger partial charge in [-0.25, -0.2) is 8.78 Å². The number of halogens is 2. The molecule has 0 spiro atoms. The van der Waals surface area contributed by atoms with Crippen molar-refractivity contribution in [1.29, 1.82) is 0 Å². The number of piperazine rings is 1. The van der Waals surface area contributed by atoms with Crippen molar-refractivity contribution in [3.8, 4) is 0 Å². The Bertz CT molecular complexity index is 1340. The maximum Gasteiger partial charge on any atom is 0.256 e. The van der Waals surface area contributed by atoms with Crippen LogP contribution in [0.5, 0.6) is 0 Å². The molecule has 35 heavy (non-hydrogen) atoms. The lowest BCUT2D eigenvalue weighted by Crippen LogP contribution is -2.63. The summed E-state index contributed by atoms with van der Waals surface area (Å²) in [6, 6.07) is 2.86. The predicted molar refractivity (Wildman–Crippen MR) is 119 cm³/mol. The van der Waals surface area contributed by atoms with Crippen molar-refractivity contribution in [1.82, 2.24) is 10.2 Å². The zero-order chi connectivity index (χ0) is 24.5. The van der Waals surface area contributed by atoms with Crippen LogP contribution < -0.4 is 5.32 Å². The number of rotatable bonds is 3. The van der Waals surface area contributed by atoms with Crippen LogP contribution in [0.15, 0.2) is 88.7 Å². The number of hydrogen-bond acceptors (Lipinski definition) is 6. The third-order valence-corrected chi connectivity index (χ3v) is 6.96. The standard InChI is InChI=1S/C25H21F2N3O5/c26-15-5-4-13(18(27)9-15)10-28-25(33)17-7-14-8-19-22(21(14)24(32)23(17)31)30(34)12-16-3-1-2-6-29(16)11-20(30)35-19/h1-9,16,20,23,31-32H,10-12H2,(H,28,33)/t16-,20+,23?,30?/m0/s1. The summed E-state index contributed by atoms with van der Waals surface area (Å²) in [7, 11) is 0. The third-order valence-electron chi connectivity index (χ3n) is 6.96. The van der Waals surface area contributed by atoms with Crippen LogP contribution in [0.1, 0.15) is 5.56 Å². The smallest absolute Gasteiger partial charge is 0.256 e. The highest BCUT2D eigenvalue weighted by Crippen LogP contribution is 2.50. The van der Waals surface area contributed by atoms with Crippen molar-refractivity contribution in [2.45, 2.75) is 24.9 Å². The van der Waals surface area contributed by atoms with Crippen LogP contribution in [0.2, 0.25) is 0 Å². The minimum atomic E-state index is -1.68. The van der Waals surface area contributed by atoms with Gasteiger partial charge in [0.05, 0.1) is 17.2 Å². The lowest BCUT2D eigenvalue weighted by molar-refractivity contribution is -0.885. The number of aliphatic hydroxyl groups excluding tert-OH is 2. The number of nitrogens with zero attached hydrogens (tertiary/aromatic N) is 2. The van der Waals surface area contributed by atoms with Crippen molar-refractivity contribution in [3.63, 3.8) is 0 Å². The van der Waals surface area contributed by atoms with E-state index in [1.807, 2.05) is 29.3 Å². The number of amides is 1. The number of hydroxylamine groups is 3. The molecule has 3 N–H and O–H groups in total. The average Bonchev–Trinajstić information content (AvgIpc) is 3.32. The normalized spacial score (nSPS) is 30.3. The largest absolute Gasteiger partial charge is 0.624 e. The third kappa shape index (κ3) is 3.25. The van der Waals surface area contributed by atoms with Gasteiger partial charge in [0.2, 0.25) is 0 Å². The first-order valence-electron chi connectivity index (χ1n) is 11.1. The molecule has 3 heterocycles. The van der Waals surface area contributed by atoms with Crippen LogP contribution in [0, 0.1) is 16.8 Å². The molecule has 5 aliphatic rings. The molecule has 3 aliphatic heterocycles. The molecule has 4 atom stereocenters. The number of carbonyl (C=O) groups excluding carboxylic acids is 1. The van der Waals surface area contributed by atoms with E-state index in [4.69, 9.17) is 4.74 Å². The predicted octanol–water partition coefficient (Wildman–Crippen LogP) is 2.28. The number of carbonyl (C=O) groups is 1. The summed E-state index contributed by atoms with van der Waals surface area (Å²) >= 11 is 0. The van der Waals surface area contributed by atoms with Gasteiger partial charge in [-0.3, -0.25) is 9.44 Å². The molecule has 1 fully saturated rings. The fourth-order valence-electron chi connectivity index (χ4n) is 5.20. The van der Waals surface area contributed by atoms with Gasteiger partial charge in [-0.05, 0) is 29.9 Å². The Hall–Kier alpha value is -3.73. The Balaban J connectivity index is 1.25. The van der Waals surface area contributed by atoms with E-state index in [1.165, 1.54) is 12.1 Å². The summed E-state index contributed by atoms with van der Waals surface area (Å²) in [6.45, 7) is 0.287. The summed E-state index contributed by atoms with van der Waals surface area (Å²) in [4.78, 5) is 14.8. The summed E-state index contributed by atoms with van der Waals surface area (Å²) in [5.74, 6) is -2.49. The number of allylic oxidation sites excluding steroid dienone is 5. The highest BCUT2D eigenvalue weighted by molar-refractivity contribution is 5.97. The average molecular weight is 481 g/mol. The highest BCUT2D eigenvalue weighted by atomic mass is 19.1. The first-order valence-corrected chi connectivity index (χ1v) is 11.1. The molecular weight excluding hydrogens is 460 g/mol. The topological polar surface area (TPSA) is 105 Å². The summed E-state index contributed by atoms with van der Waals surface area (Å²) in [5.41, 5.74) is 0.697. The minimum absolute atomic E-state index is 0.0646. The van der Waals surface area contributed by atoms with Crippen molar-refractivity contribution in [2.75, 3.05) is 13.1 Å². The zero-order valence-electron chi connectivity index (χ0n) is 18.3. The minimum Gasteiger partial charge on any atom is -0.624 e. The lowest BCUT2D eigenvalue weighted by Gasteiger charge is -2.52. The second kappa shape index (κ2) is 7.64. The molecule has 0 radical (unpaired) electrons. The van der Waals surface area contributed by atoms with Gasteiger partial charge in [0.25, 0.3) is 12.1 Å². The van der Waals surface area contributed by atoms with Crippen molar-refractivity contribution < 1.29 is 33.2 Å².